The third kappa shape index (κ3) is 3.44. The van der Waals surface area contributed by atoms with Crippen LogP contribution < -0.4 is 4.74 Å². The highest BCUT2D eigenvalue weighted by Crippen LogP contribution is 2.37. The Bertz CT molecular complexity index is 1170. The number of rotatable bonds is 4. The van der Waals surface area contributed by atoms with Crippen LogP contribution in [0.25, 0.3) is 11.0 Å². The van der Waals surface area contributed by atoms with Crippen molar-refractivity contribution in [2.24, 2.45) is 0 Å². The van der Waals surface area contributed by atoms with Gasteiger partial charge in [0.2, 0.25) is 5.06 Å². The maximum Gasteiger partial charge on any atom is 0.221 e. The van der Waals surface area contributed by atoms with E-state index in [4.69, 9.17) is 33.2 Å². The molecule has 0 aliphatic heterocycles. The molecule has 2 aromatic heterocycles. The Labute approximate surface area is 169 Å². The zero-order chi connectivity index (χ0) is 19.7. The van der Waals surface area contributed by atoms with Crippen LogP contribution in [-0.4, -0.2) is 25.5 Å². The quantitative estimate of drug-likeness (QED) is 0.501. The third-order valence-corrected chi connectivity index (χ3v) is 4.88. The number of benzene rings is 1. The Kier molecular flexibility index (Phi) is 4.75. The van der Waals surface area contributed by atoms with Crippen molar-refractivity contribution in [1.82, 2.24) is 20.4 Å². The number of ether oxygens (including phenoxy) is 1. The minimum atomic E-state index is -1.49. The summed E-state index contributed by atoms with van der Waals surface area (Å²) in [6, 6.07) is 6.88. The molecule has 1 aromatic carbocycles. The number of alkyl halides is 1. The average molecular weight is 416 g/mol. The van der Waals surface area contributed by atoms with E-state index in [0.29, 0.717) is 28.9 Å². The van der Waals surface area contributed by atoms with E-state index >= 15 is 4.39 Å². The summed E-state index contributed by atoms with van der Waals surface area (Å²) in [6.45, 7) is 0. The highest BCUT2D eigenvalue weighted by Gasteiger charge is 2.30. The number of hydrogen-bond acceptors (Lipinski definition) is 5. The lowest BCUT2D eigenvalue weighted by Gasteiger charge is -2.25. The van der Waals surface area contributed by atoms with Gasteiger partial charge in [-0.1, -0.05) is 35.3 Å². The topological polar surface area (TPSA) is 87.5 Å². The zero-order valence-corrected chi connectivity index (χ0v) is 15.8. The minimum absolute atomic E-state index is 0.0740. The van der Waals surface area contributed by atoms with Gasteiger partial charge in [-0.05, 0) is 29.8 Å². The van der Waals surface area contributed by atoms with Gasteiger partial charge >= 0.3 is 0 Å². The fraction of sp³-hybridized carbons (Fsp3) is 0.158. The predicted octanol–water partition coefficient (Wildman–Crippen LogP) is 4.46. The van der Waals surface area contributed by atoms with Crippen molar-refractivity contribution in [3.8, 4) is 11.8 Å². The van der Waals surface area contributed by atoms with Gasteiger partial charge in [0.15, 0.2) is 17.2 Å². The normalized spacial score (nSPS) is 18.7. The van der Waals surface area contributed by atoms with Gasteiger partial charge in [0.25, 0.3) is 0 Å². The van der Waals surface area contributed by atoms with Crippen LogP contribution in [0.5, 0.6) is 5.75 Å². The number of fused-ring (bicyclic) bond motifs is 1. The van der Waals surface area contributed by atoms with Gasteiger partial charge in [0.1, 0.15) is 0 Å². The lowest BCUT2D eigenvalue weighted by atomic mass is 10.0. The van der Waals surface area contributed by atoms with Crippen LogP contribution in [-0.2, 0) is 6.42 Å². The summed E-state index contributed by atoms with van der Waals surface area (Å²) < 4.78 is 20.9. The molecule has 6 nitrogen and oxygen atoms in total. The summed E-state index contributed by atoms with van der Waals surface area (Å²) >= 11 is 12.6. The molecule has 1 aliphatic rings. The molecule has 28 heavy (non-hydrogen) atoms. The van der Waals surface area contributed by atoms with E-state index in [9.17, 15) is 0 Å². The number of halogens is 3. The Morgan fingerprint density at radius 1 is 1.36 bits per heavy atom. The molecule has 0 saturated carbocycles. The van der Waals surface area contributed by atoms with Crippen LogP contribution >= 0.6 is 23.2 Å². The molecule has 1 N–H and O–H groups in total. The number of aromatic nitrogens is 4. The number of nitrogens with zero attached hydrogens (tertiary/aromatic N) is 4. The van der Waals surface area contributed by atoms with Crippen molar-refractivity contribution in [2.45, 2.75) is 17.9 Å². The average Bonchev–Trinajstić information content (AvgIpc) is 3.10. The van der Waals surface area contributed by atoms with E-state index in [1.807, 2.05) is 6.07 Å². The standard InChI is InChI=1S/C19H12Cl2FN5O/c20-14-4-3-12(8-15-13-5-7-24-26-18(13)27-25-15)16(22)17(14)28-19(21)6-1-2-11(9-19)10-23/h1,3-7,9H,2,8H2,(H,25,26,27). The van der Waals surface area contributed by atoms with Crippen molar-refractivity contribution >= 4 is 34.2 Å². The number of aromatic amines is 1. The van der Waals surface area contributed by atoms with Crippen molar-refractivity contribution in [2.75, 3.05) is 0 Å². The molecule has 2 heterocycles. The van der Waals surface area contributed by atoms with E-state index < -0.39 is 10.9 Å². The molecule has 0 radical (unpaired) electrons. The number of allylic oxidation sites excluding steroid dienone is 2. The van der Waals surface area contributed by atoms with Crippen LogP contribution in [0, 0.1) is 17.1 Å². The first-order chi connectivity index (χ1) is 13.5. The van der Waals surface area contributed by atoms with Gasteiger partial charge in [-0.15, -0.1) is 5.10 Å². The first-order valence-corrected chi connectivity index (χ1v) is 9.03. The van der Waals surface area contributed by atoms with Crippen LogP contribution in [0.3, 0.4) is 0 Å². The maximum atomic E-state index is 15.2. The summed E-state index contributed by atoms with van der Waals surface area (Å²) in [4.78, 5) is 0. The molecule has 1 atom stereocenters. The molecule has 0 amide bonds. The Morgan fingerprint density at radius 2 is 2.21 bits per heavy atom. The molecular formula is C19H12Cl2FN5O. The number of nitrogens with one attached hydrogen (secondary N) is 1. The molecule has 1 aliphatic carbocycles. The SMILES string of the molecule is N#CC1=CC(Cl)(Oc2c(Cl)ccc(Cc3n[nH]c4nnccc34)c2F)C=CC1. The summed E-state index contributed by atoms with van der Waals surface area (Å²) in [5.41, 5.74) is 1.88. The summed E-state index contributed by atoms with van der Waals surface area (Å²) in [5.74, 6) is -0.828. The van der Waals surface area contributed by atoms with Gasteiger partial charge < -0.3 is 4.74 Å². The lowest BCUT2D eigenvalue weighted by molar-refractivity contribution is 0.241. The molecule has 0 fully saturated rings. The van der Waals surface area contributed by atoms with Crippen LogP contribution in [0.4, 0.5) is 4.39 Å². The van der Waals surface area contributed by atoms with E-state index in [-0.39, 0.29) is 17.2 Å². The molecule has 9 heteroatoms. The second-order valence-corrected chi connectivity index (χ2v) is 7.18. The van der Waals surface area contributed by atoms with Crippen LogP contribution in [0.15, 0.2) is 48.2 Å². The number of hydrogen-bond donors (Lipinski definition) is 1. The van der Waals surface area contributed by atoms with Gasteiger partial charge in [-0.25, -0.2) is 4.39 Å². The van der Waals surface area contributed by atoms with E-state index in [2.05, 4.69) is 20.4 Å². The molecule has 140 valence electrons. The third-order valence-electron chi connectivity index (χ3n) is 4.27. The maximum absolute atomic E-state index is 15.2. The Morgan fingerprint density at radius 3 is 3.04 bits per heavy atom. The number of nitriles is 1. The summed E-state index contributed by atoms with van der Waals surface area (Å²) in [5, 5.41) is 23.1. The molecule has 3 aromatic rings. The van der Waals surface area contributed by atoms with Crippen LogP contribution in [0.2, 0.25) is 5.02 Å². The first-order valence-electron chi connectivity index (χ1n) is 8.28. The molecule has 1 unspecified atom stereocenters. The first kappa shape index (κ1) is 18.4. The van der Waals surface area contributed by atoms with E-state index in [1.54, 1.807) is 30.5 Å². The fourth-order valence-electron chi connectivity index (χ4n) is 2.94. The second-order valence-electron chi connectivity index (χ2n) is 6.18. The predicted molar refractivity (Wildman–Crippen MR) is 103 cm³/mol. The van der Waals surface area contributed by atoms with Crippen molar-refractivity contribution in [3.05, 3.63) is 70.3 Å². The van der Waals surface area contributed by atoms with Gasteiger partial charge in [-0.3, -0.25) is 5.10 Å². The largest absolute Gasteiger partial charge is 0.460 e. The highest BCUT2D eigenvalue weighted by molar-refractivity contribution is 6.32. The van der Waals surface area contributed by atoms with E-state index in [0.717, 1.165) is 5.39 Å². The monoisotopic (exact) mass is 415 g/mol. The zero-order valence-electron chi connectivity index (χ0n) is 14.3. The Balaban J connectivity index is 1.69. The molecule has 0 saturated heterocycles. The summed E-state index contributed by atoms with van der Waals surface area (Å²) in [6.07, 6.45) is 6.86. The lowest BCUT2D eigenvalue weighted by Crippen LogP contribution is -2.27. The molecular weight excluding hydrogens is 404 g/mol. The second kappa shape index (κ2) is 7.23. The van der Waals surface area contributed by atoms with Crippen LogP contribution in [0.1, 0.15) is 17.7 Å². The summed E-state index contributed by atoms with van der Waals surface area (Å²) in [7, 11) is 0. The van der Waals surface area contributed by atoms with Crippen molar-refractivity contribution < 1.29 is 9.13 Å². The molecule has 0 spiro atoms. The van der Waals surface area contributed by atoms with Gasteiger partial charge in [0.05, 0.1) is 23.0 Å². The molecule has 4 rings (SSSR count). The fourth-order valence-corrected chi connectivity index (χ4v) is 3.42. The van der Waals surface area contributed by atoms with Gasteiger partial charge in [-0.2, -0.15) is 15.5 Å². The van der Waals surface area contributed by atoms with Gasteiger partial charge in [0, 0.05) is 23.8 Å². The van der Waals surface area contributed by atoms with Crippen molar-refractivity contribution in [1.29, 1.82) is 5.26 Å². The van der Waals surface area contributed by atoms with Crippen molar-refractivity contribution in [3.63, 3.8) is 0 Å². The van der Waals surface area contributed by atoms with E-state index in [1.165, 1.54) is 12.1 Å². The number of H-pyrrole nitrogens is 1. The molecule has 0 bridgehead atoms. The highest BCUT2D eigenvalue weighted by atomic mass is 35.5. The minimum Gasteiger partial charge on any atom is -0.460 e. The Hall–Kier alpha value is -2.95. The smallest absolute Gasteiger partial charge is 0.221 e.